The van der Waals surface area contributed by atoms with E-state index in [0.717, 1.165) is 15.9 Å². The summed E-state index contributed by atoms with van der Waals surface area (Å²) in [5.41, 5.74) is 2.44. The molecule has 17 heavy (non-hydrogen) atoms. The summed E-state index contributed by atoms with van der Waals surface area (Å²) in [7, 11) is 0. The van der Waals surface area contributed by atoms with Crippen molar-refractivity contribution >= 4 is 48.9 Å². The van der Waals surface area contributed by atoms with Crippen LogP contribution in [-0.2, 0) is 0 Å². The molecule has 1 aliphatic carbocycles. The summed E-state index contributed by atoms with van der Waals surface area (Å²) in [6.45, 7) is 0. The van der Waals surface area contributed by atoms with Crippen molar-refractivity contribution in [3.05, 3.63) is 45.1 Å². The van der Waals surface area contributed by atoms with Gasteiger partial charge in [0.1, 0.15) is 11.8 Å². The molecule has 1 aromatic carbocycles. The average Bonchev–Trinajstić information content (AvgIpc) is 2.34. The maximum atomic E-state index is 10.0. The number of aliphatic imine (C=N–C) groups is 1. The van der Waals surface area contributed by atoms with Gasteiger partial charge in [0, 0.05) is 4.48 Å². The molecule has 0 spiro atoms. The number of aliphatic hydroxyl groups is 1. The number of halogens is 2. The molecule has 0 radical (unpaired) electrons. The fourth-order valence-corrected chi connectivity index (χ4v) is 3.21. The van der Waals surface area contributed by atoms with Gasteiger partial charge in [-0.25, -0.2) is 4.99 Å². The molecule has 3 rings (SSSR count). The number of para-hydroxylation sites is 2. The Morgan fingerprint density at radius 2 is 2.00 bits per heavy atom. The van der Waals surface area contributed by atoms with Gasteiger partial charge in [-0.3, -0.25) is 0 Å². The second kappa shape index (κ2) is 3.99. The Hall–Kier alpha value is -1.07. The molecule has 2 aliphatic rings. The molecule has 5 heteroatoms. The number of nitrogens with one attached hydrogen (secondary N) is 1. The normalized spacial score (nSPS) is 22.1. The van der Waals surface area contributed by atoms with E-state index in [9.17, 15) is 5.11 Å². The number of aliphatic hydroxyl groups excluding tert-OH is 1. The molecule has 0 saturated heterocycles. The van der Waals surface area contributed by atoms with Crippen LogP contribution in [0.25, 0.3) is 0 Å². The molecule has 0 amide bonds. The van der Waals surface area contributed by atoms with Crippen LogP contribution in [0.3, 0.4) is 0 Å². The van der Waals surface area contributed by atoms with Crippen molar-refractivity contribution in [3.63, 3.8) is 0 Å². The van der Waals surface area contributed by atoms with Crippen LogP contribution < -0.4 is 5.32 Å². The summed E-state index contributed by atoms with van der Waals surface area (Å²) in [4.78, 5) is 4.49. The third-order valence-corrected chi connectivity index (χ3v) is 4.02. The Morgan fingerprint density at radius 3 is 2.82 bits per heavy atom. The van der Waals surface area contributed by atoms with Crippen molar-refractivity contribution in [3.8, 4) is 0 Å². The Kier molecular flexibility index (Phi) is 2.60. The van der Waals surface area contributed by atoms with Crippen molar-refractivity contribution in [2.24, 2.45) is 4.99 Å². The standard InChI is InChI=1S/C12H8Br2N2O/c13-6-5-7(14)12(17)11-10(6)15-8-3-1-2-4-9(8)16-11/h1-5,10,15,17H. The van der Waals surface area contributed by atoms with Crippen LogP contribution in [0, 0.1) is 0 Å². The average molecular weight is 356 g/mol. The first-order chi connectivity index (χ1) is 8.16. The Balaban J connectivity index is 2.19. The van der Waals surface area contributed by atoms with Gasteiger partial charge in [-0.1, -0.05) is 28.1 Å². The highest BCUT2D eigenvalue weighted by molar-refractivity contribution is 9.12. The number of anilines is 1. The number of nitrogens with zero attached hydrogens (tertiary/aromatic N) is 1. The fourth-order valence-electron chi connectivity index (χ4n) is 1.90. The molecular formula is C12H8Br2N2O. The first kappa shape index (κ1) is 11.0. The molecule has 0 aromatic heterocycles. The quantitative estimate of drug-likeness (QED) is 0.738. The summed E-state index contributed by atoms with van der Waals surface area (Å²) in [6.07, 6.45) is 1.83. The smallest absolute Gasteiger partial charge is 0.153 e. The van der Waals surface area contributed by atoms with Crippen molar-refractivity contribution < 1.29 is 5.11 Å². The lowest BCUT2D eigenvalue weighted by Crippen LogP contribution is -2.35. The van der Waals surface area contributed by atoms with Crippen molar-refractivity contribution in [1.82, 2.24) is 0 Å². The van der Waals surface area contributed by atoms with E-state index in [1.54, 1.807) is 0 Å². The summed E-state index contributed by atoms with van der Waals surface area (Å²) in [5, 5.41) is 13.4. The Bertz CT molecular complexity index is 590. The van der Waals surface area contributed by atoms with Gasteiger partial charge in [-0.15, -0.1) is 0 Å². The highest BCUT2D eigenvalue weighted by atomic mass is 79.9. The third kappa shape index (κ3) is 1.73. The predicted octanol–water partition coefficient (Wildman–Crippen LogP) is 4.01. The molecular weight excluding hydrogens is 348 g/mol. The topological polar surface area (TPSA) is 44.6 Å². The minimum atomic E-state index is -0.119. The van der Waals surface area contributed by atoms with E-state index in [-0.39, 0.29) is 11.8 Å². The highest BCUT2D eigenvalue weighted by Crippen LogP contribution is 2.37. The fraction of sp³-hybridized carbons (Fsp3) is 0.0833. The number of allylic oxidation sites excluding steroid dienone is 2. The molecule has 0 bridgehead atoms. The van der Waals surface area contributed by atoms with Gasteiger partial charge in [-0.2, -0.15) is 0 Å². The van der Waals surface area contributed by atoms with Crippen LogP contribution in [0.1, 0.15) is 0 Å². The summed E-state index contributed by atoms with van der Waals surface area (Å²) in [5.74, 6) is 0.181. The number of rotatable bonds is 0. The Morgan fingerprint density at radius 1 is 1.24 bits per heavy atom. The number of benzene rings is 1. The summed E-state index contributed by atoms with van der Waals surface area (Å²) in [6, 6.07) is 7.65. The predicted molar refractivity (Wildman–Crippen MR) is 76.5 cm³/mol. The van der Waals surface area contributed by atoms with Crippen LogP contribution >= 0.6 is 31.9 Å². The first-order valence-corrected chi connectivity index (χ1v) is 6.66. The van der Waals surface area contributed by atoms with E-state index in [0.29, 0.717) is 10.2 Å². The first-order valence-electron chi connectivity index (χ1n) is 5.07. The second-order valence-electron chi connectivity index (χ2n) is 3.82. The number of hydrogen-bond acceptors (Lipinski definition) is 3. The minimum Gasteiger partial charge on any atom is -0.505 e. The van der Waals surface area contributed by atoms with Gasteiger partial charge >= 0.3 is 0 Å². The van der Waals surface area contributed by atoms with Crippen molar-refractivity contribution in [2.75, 3.05) is 5.32 Å². The van der Waals surface area contributed by atoms with Gasteiger partial charge in [0.25, 0.3) is 0 Å². The Labute approximate surface area is 115 Å². The lowest BCUT2D eigenvalue weighted by atomic mass is 10.0. The van der Waals surface area contributed by atoms with E-state index >= 15 is 0 Å². The molecule has 1 heterocycles. The molecule has 86 valence electrons. The zero-order valence-corrected chi connectivity index (χ0v) is 11.8. The molecule has 1 unspecified atom stereocenters. The van der Waals surface area contributed by atoms with Crippen molar-refractivity contribution in [1.29, 1.82) is 0 Å². The van der Waals surface area contributed by atoms with Gasteiger partial charge in [0.2, 0.25) is 0 Å². The zero-order chi connectivity index (χ0) is 12.0. The van der Waals surface area contributed by atoms with Gasteiger partial charge in [0.05, 0.1) is 15.9 Å². The van der Waals surface area contributed by atoms with Crippen LogP contribution in [-0.4, -0.2) is 16.9 Å². The van der Waals surface area contributed by atoms with Crippen LogP contribution in [0.4, 0.5) is 11.4 Å². The minimum absolute atomic E-state index is 0.119. The van der Waals surface area contributed by atoms with E-state index < -0.39 is 0 Å². The van der Waals surface area contributed by atoms with E-state index in [1.165, 1.54) is 0 Å². The van der Waals surface area contributed by atoms with Crippen LogP contribution in [0.15, 0.2) is 50.1 Å². The molecule has 2 N–H and O–H groups in total. The maximum absolute atomic E-state index is 10.0. The second-order valence-corrected chi connectivity index (χ2v) is 5.59. The van der Waals surface area contributed by atoms with Gasteiger partial charge in [-0.05, 0) is 34.1 Å². The summed E-state index contributed by atoms with van der Waals surface area (Å²) >= 11 is 6.80. The molecule has 1 atom stereocenters. The lowest BCUT2D eigenvalue weighted by molar-refractivity contribution is 0.439. The molecule has 0 saturated carbocycles. The third-order valence-electron chi connectivity index (χ3n) is 2.73. The van der Waals surface area contributed by atoms with E-state index in [1.807, 2.05) is 30.3 Å². The lowest BCUT2D eigenvalue weighted by Gasteiger charge is -2.29. The van der Waals surface area contributed by atoms with E-state index in [4.69, 9.17) is 0 Å². The highest BCUT2D eigenvalue weighted by Gasteiger charge is 2.31. The van der Waals surface area contributed by atoms with Gasteiger partial charge in [0.15, 0.2) is 5.76 Å². The SMILES string of the molecule is OC1=C(Br)C=C(Br)C2Nc3ccccc3N=C12. The van der Waals surface area contributed by atoms with Gasteiger partial charge < -0.3 is 10.4 Å². The largest absolute Gasteiger partial charge is 0.505 e. The van der Waals surface area contributed by atoms with E-state index in [2.05, 4.69) is 42.2 Å². The molecule has 1 aromatic rings. The summed E-state index contributed by atoms with van der Waals surface area (Å²) < 4.78 is 1.58. The zero-order valence-electron chi connectivity index (χ0n) is 8.61. The van der Waals surface area contributed by atoms with Crippen molar-refractivity contribution in [2.45, 2.75) is 6.04 Å². The molecule has 1 aliphatic heterocycles. The van der Waals surface area contributed by atoms with Crippen LogP contribution in [0.2, 0.25) is 0 Å². The number of hydrogen-bond donors (Lipinski definition) is 2. The monoisotopic (exact) mass is 354 g/mol. The molecule has 3 nitrogen and oxygen atoms in total. The number of fused-ring (bicyclic) bond motifs is 2. The van der Waals surface area contributed by atoms with Crippen LogP contribution in [0.5, 0.6) is 0 Å². The maximum Gasteiger partial charge on any atom is 0.153 e. The molecule has 0 fully saturated rings.